The third-order valence-corrected chi connectivity index (χ3v) is 5.39. The van der Waals surface area contributed by atoms with Crippen molar-refractivity contribution in [2.45, 2.75) is 82.8 Å². The normalized spacial score (nSPS) is 21.2. The standard InChI is InChI=1S/C18H26N4O2/c23-17(19-12-6-2-1-3-7-12)15-14-8-4-5-11-22(14)16(21-15)18(24)20-13-9-10-13/h12-13H,1-11H2,(H,19,23)(H,20,24). The highest BCUT2D eigenvalue weighted by molar-refractivity contribution is 5.97. The highest BCUT2D eigenvalue weighted by Crippen LogP contribution is 2.24. The molecule has 0 aromatic carbocycles. The van der Waals surface area contributed by atoms with Gasteiger partial charge in [0, 0.05) is 18.6 Å². The summed E-state index contributed by atoms with van der Waals surface area (Å²) in [4.78, 5) is 29.7. The van der Waals surface area contributed by atoms with Crippen LogP contribution in [0, 0.1) is 0 Å². The number of carbonyl (C=O) groups excluding carboxylic acids is 2. The number of fused-ring (bicyclic) bond motifs is 1. The SMILES string of the molecule is O=C(NC1CCCCC1)c1nc(C(=O)NC2CC2)n2c1CCCC2. The molecule has 6 nitrogen and oxygen atoms in total. The molecule has 4 rings (SSSR count). The first kappa shape index (κ1) is 15.7. The molecule has 2 saturated carbocycles. The maximum Gasteiger partial charge on any atom is 0.287 e. The maximum absolute atomic E-state index is 12.7. The highest BCUT2D eigenvalue weighted by atomic mass is 16.2. The summed E-state index contributed by atoms with van der Waals surface area (Å²) >= 11 is 0. The Morgan fingerprint density at radius 3 is 2.33 bits per heavy atom. The van der Waals surface area contributed by atoms with Crippen molar-refractivity contribution in [1.29, 1.82) is 0 Å². The lowest BCUT2D eigenvalue weighted by atomic mass is 9.95. The summed E-state index contributed by atoms with van der Waals surface area (Å²) in [7, 11) is 0. The average molecular weight is 330 g/mol. The summed E-state index contributed by atoms with van der Waals surface area (Å²) in [6, 6.07) is 0.560. The molecule has 24 heavy (non-hydrogen) atoms. The van der Waals surface area contributed by atoms with Gasteiger partial charge in [-0.3, -0.25) is 9.59 Å². The van der Waals surface area contributed by atoms with Crippen molar-refractivity contribution < 1.29 is 9.59 Å². The zero-order chi connectivity index (χ0) is 16.5. The first-order chi connectivity index (χ1) is 11.7. The number of hydrogen-bond donors (Lipinski definition) is 2. The molecule has 6 heteroatoms. The van der Waals surface area contributed by atoms with E-state index in [1.54, 1.807) is 0 Å². The number of carbonyl (C=O) groups is 2. The van der Waals surface area contributed by atoms with Crippen LogP contribution < -0.4 is 10.6 Å². The Morgan fingerprint density at radius 2 is 1.58 bits per heavy atom. The Hall–Kier alpha value is -1.85. The molecule has 1 aliphatic heterocycles. The number of amides is 2. The summed E-state index contributed by atoms with van der Waals surface area (Å²) in [5.41, 5.74) is 1.41. The van der Waals surface area contributed by atoms with Crippen molar-refractivity contribution in [3.05, 3.63) is 17.2 Å². The molecule has 2 heterocycles. The molecule has 1 aromatic rings. The van der Waals surface area contributed by atoms with E-state index in [2.05, 4.69) is 15.6 Å². The van der Waals surface area contributed by atoms with Gasteiger partial charge in [-0.15, -0.1) is 0 Å². The third kappa shape index (κ3) is 3.19. The predicted molar refractivity (Wildman–Crippen MR) is 90.0 cm³/mol. The van der Waals surface area contributed by atoms with Gasteiger partial charge in [-0.25, -0.2) is 4.98 Å². The topological polar surface area (TPSA) is 76.0 Å². The van der Waals surface area contributed by atoms with Crippen molar-refractivity contribution in [1.82, 2.24) is 20.2 Å². The van der Waals surface area contributed by atoms with Crippen LogP contribution in [0.25, 0.3) is 0 Å². The number of nitrogens with one attached hydrogen (secondary N) is 2. The zero-order valence-electron chi connectivity index (χ0n) is 14.1. The Morgan fingerprint density at radius 1 is 0.875 bits per heavy atom. The van der Waals surface area contributed by atoms with Gasteiger partial charge in [-0.1, -0.05) is 19.3 Å². The van der Waals surface area contributed by atoms with Gasteiger partial charge in [0.25, 0.3) is 11.8 Å². The molecule has 0 unspecified atom stereocenters. The zero-order valence-corrected chi connectivity index (χ0v) is 14.1. The van der Waals surface area contributed by atoms with E-state index in [0.717, 1.165) is 57.2 Å². The molecule has 130 valence electrons. The van der Waals surface area contributed by atoms with Crippen molar-refractivity contribution in [2.24, 2.45) is 0 Å². The molecular weight excluding hydrogens is 304 g/mol. The Bertz CT molecular complexity index is 642. The summed E-state index contributed by atoms with van der Waals surface area (Å²) in [5, 5.41) is 6.14. The van der Waals surface area contributed by atoms with E-state index in [1.165, 1.54) is 19.3 Å². The quantitative estimate of drug-likeness (QED) is 0.888. The van der Waals surface area contributed by atoms with E-state index < -0.39 is 0 Å². The lowest BCUT2D eigenvalue weighted by molar-refractivity contribution is 0.0921. The van der Waals surface area contributed by atoms with Gasteiger partial charge < -0.3 is 15.2 Å². The summed E-state index contributed by atoms with van der Waals surface area (Å²) in [6.07, 6.45) is 10.8. The molecule has 3 aliphatic rings. The van der Waals surface area contributed by atoms with Crippen LogP contribution in [-0.4, -0.2) is 33.4 Å². The van der Waals surface area contributed by atoms with Crippen molar-refractivity contribution in [3.8, 4) is 0 Å². The van der Waals surface area contributed by atoms with Gasteiger partial charge in [-0.2, -0.15) is 0 Å². The molecular formula is C18H26N4O2. The van der Waals surface area contributed by atoms with Crippen molar-refractivity contribution in [2.75, 3.05) is 0 Å². The van der Waals surface area contributed by atoms with E-state index in [-0.39, 0.29) is 17.9 Å². The second-order valence-corrected chi connectivity index (χ2v) is 7.40. The van der Waals surface area contributed by atoms with Crippen LogP contribution in [0.4, 0.5) is 0 Å². The van der Waals surface area contributed by atoms with Crippen LogP contribution in [0.2, 0.25) is 0 Å². The number of nitrogens with zero attached hydrogens (tertiary/aromatic N) is 2. The van der Waals surface area contributed by atoms with Gasteiger partial charge >= 0.3 is 0 Å². The van der Waals surface area contributed by atoms with Crippen molar-refractivity contribution >= 4 is 11.8 Å². The van der Waals surface area contributed by atoms with Crippen LogP contribution >= 0.6 is 0 Å². The fraction of sp³-hybridized carbons (Fsp3) is 0.722. The molecule has 2 N–H and O–H groups in total. The predicted octanol–water partition coefficient (Wildman–Crippen LogP) is 2.17. The minimum absolute atomic E-state index is 0.0991. The Labute approximate surface area is 142 Å². The lowest BCUT2D eigenvalue weighted by Gasteiger charge is -2.23. The van der Waals surface area contributed by atoms with Crippen LogP contribution in [0.3, 0.4) is 0 Å². The minimum atomic E-state index is -0.127. The Balaban J connectivity index is 1.56. The van der Waals surface area contributed by atoms with Crippen molar-refractivity contribution in [3.63, 3.8) is 0 Å². The lowest BCUT2D eigenvalue weighted by Crippen LogP contribution is -2.37. The van der Waals surface area contributed by atoms with Crippen LogP contribution in [0.5, 0.6) is 0 Å². The van der Waals surface area contributed by atoms with Gasteiger partial charge in [0.05, 0.1) is 5.69 Å². The summed E-state index contributed by atoms with van der Waals surface area (Å²) in [5.74, 6) is 0.195. The summed E-state index contributed by atoms with van der Waals surface area (Å²) in [6.45, 7) is 0.784. The van der Waals surface area contributed by atoms with E-state index in [9.17, 15) is 9.59 Å². The molecule has 2 fully saturated rings. The number of rotatable bonds is 4. The largest absolute Gasteiger partial charge is 0.348 e. The fourth-order valence-electron chi connectivity index (χ4n) is 3.88. The summed E-state index contributed by atoms with van der Waals surface area (Å²) < 4.78 is 1.97. The second kappa shape index (κ2) is 6.57. The maximum atomic E-state index is 12.7. The molecule has 0 spiro atoms. The monoisotopic (exact) mass is 330 g/mol. The minimum Gasteiger partial charge on any atom is -0.348 e. The molecule has 0 saturated heterocycles. The van der Waals surface area contributed by atoms with Gasteiger partial charge in [0.1, 0.15) is 5.69 Å². The number of imidazole rings is 1. The first-order valence-corrected chi connectivity index (χ1v) is 9.43. The smallest absolute Gasteiger partial charge is 0.287 e. The van der Waals surface area contributed by atoms with E-state index >= 15 is 0 Å². The number of hydrogen-bond acceptors (Lipinski definition) is 3. The number of aromatic nitrogens is 2. The molecule has 0 radical (unpaired) electrons. The molecule has 2 amide bonds. The van der Waals surface area contributed by atoms with Gasteiger partial charge in [0.15, 0.2) is 5.82 Å². The van der Waals surface area contributed by atoms with Crippen LogP contribution in [0.15, 0.2) is 0 Å². The fourth-order valence-corrected chi connectivity index (χ4v) is 3.88. The molecule has 0 bridgehead atoms. The highest BCUT2D eigenvalue weighted by Gasteiger charge is 2.31. The molecule has 2 aliphatic carbocycles. The van der Waals surface area contributed by atoms with E-state index in [0.29, 0.717) is 17.6 Å². The van der Waals surface area contributed by atoms with E-state index in [4.69, 9.17) is 0 Å². The second-order valence-electron chi connectivity index (χ2n) is 7.40. The van der Waals surface area contributed by atoms with Gasteiger partial charge in [-0.05, 0) is 44.9 Å². The third-order valence-electron chi connectivity index (χ3n) is 5.39. The van der Waals surface area contributed by atoms with Gasteiger partial charge in [0.2, 0.25) is 0 Å². The first-order valence-electron chi connectivity index (χ1n) is 9.43. The molecule has 0 atom stereocenters. The van der Waals surface area contributed by atoms with Crippen LogP contribution in [0.1, 0.15) is 84.6 Å². The average Bonchev–Trinajstić information content (AvgIpc) is 3.32. The van der Waals surface area contributed by atoms with E-state index in [1.807, 2.05) is 4.57 Å². The van der Waals surface area contributed by atoms with Crippen LogP contribution in [-0.2, 0) is 13.0 Å². The molecule has 1 aromatic heterocycles. The Kier molecular flexibility index (Phi) is 4.29.